The van der Waals surface area contributed by atoms with Gasteiger partial charge in [0, 0.05) is 25.5 Å². The summed E-state index contributed by atoms with van der Waals surface area (Å²) in [5.74, 6) is 1.54. The summed E-state index contributed by atoms with van der Waals surface area (Å²) in [5.41, 5.74) is 1.83. The van der Waals surface area contributed by atoms with Crippen molar-refractivity contribution in [1.29, 1.82) is 0 Å². The molecule has 1 fully saturated rings. The van der Waals surface area contributed by atoms with E-state index in [1.165, 1.54) is 0 Å². The van der Waals surface area contributed by atoms with Crippen LogP contribution in [-0.2, 0) is 4.74 Å². The number of pyridine rings is 1. The van der Waals surface area contributed by atoms with E-state index in [0.717, 1.165) is 48.0 Å². The standard InChI is InChI=1S/C14H16BrN5O/c1-10-12(19-14-16-8-11(15)9-17-14)2-3-13(18-10)20-4-6-21-7-5-20/h2-3,8-9H,4-7H2,1H3,(H,16,17,19). The lowest BCUT2D eigenvalue weighted by Gasteiger charge is -2.28. The van der Waals surface area contributed by atoms with E-state index in [9.17, 15) is 0 Å². The van der Waals surface area contributed by atoms with Crippen molar-refractivity contribution < 1.29 is 4.74 Å². The second-order valence-corrected chi connectivity index (χ2v) is 5.67. The Hall–Kier alpha value is -1.73. The maximum Gasteiger partial charge on any atom is 0.227 e. The molecule has 2 aromatic heterocycles. The molecule has 0 aliphatic carbocycles. The first kappa shape index (κ1) is 14.2. The number of nitrogens with zero attached hydrogens (tertiary/aromatic N) is 4. The second kappa shape index (κ2) is 6.36. The van der Waals surface area contributed by atoms with Gasteiger partial charge in [-0.1, -0.05) is 0 Å². The van der Waals surface area contributed by atoms with Gasteiger partial charge in [0.25, 0.3) is 0 Å². The van der Waals surface area contributed by atoms with Crippen LogP contribution in [0.15, 0.2) is 29.0 Å². The zero-order valence-electron chi connectivity index (χ0n) is 11.7. The topological polar surface area (TPSA) is 63.2 Å². The Labute approximate surface area is 131 Å². The molecule has 1 saturated heterocycles. The molecule has 0 aromatic carbocycles. The van der Waals surface area contributed by atoms with E-state index in [4.69, 9.17) is 4.74 Å². The zero-order chi connectivity index (χ0) is 14.7. The van der Waals surface area contributed by atoms with Gasteiger partial charge in [-0.05, 0) is 35.0 Å². The molecule has 1 aliphatic heterocycles. The van der Waals surface area contributed by atoms with Gasteiger partial charge in [0.2, 0.25) is 5.95 Å². The zero-order valence-corrected chi connectivity index (χ0v) is 13.3. The van der Waals surface area contributed by atoms with Gasteiger partial charge >= 0.3 is 0 Å². The average Bonchev–Trinajstić information content (AvgIpc) is 2.52. The molecular weight excluding hydrogens is 334 g/mol. The predicted octanol–water partition coefficient (Wildman–Crippen LogP) is 2.52. The summed E-state index contributed by atoms with van der Waals surface area (Å²) < 4.78 is 6.21. The van der Waals surface area contributed by atoms with Gasteiger partial charge in [-0.2, -0.15) is 0 Å². The Balaban J connectivity index is 1.76. The van der Waals surface area contributed by atoms with Crippen molar-refractivity contribution in [3.63, 3.8) is 0 Å². The van der Waals surface area contributed by atoms with Gasteiger partial charge in [-0.3, -0.25) is 0 Å². The van der Waals surface area contributed by atoms with Gasteiger partial charge in [0.05, 0.1) is 29.1 Å². The van der Waals surface area contributed by atoms with Crippen molar-refractivity contribution in [2.24, 2.45) is 0 Å². The lowest BCUT2D eigenvalue weighted by atomic mass is 10.3. The normalized spacial score (nSPS) is 15.0. The minimum absolute atomic E-state index is 0.558. The number of aryl methyl sites for hydroxylation is 1. The largest absolute Gasteiger partial charge is 0.378 e. The highest BCUT2D eigenvalue weighted by molar-refractivity contribution is 9.10. The Morgan fingerprint density at radius 3 is 2.57 bits per heavy atom. The first-order chi connectivity index (χ1) is 10.2. The van der Waals surface area contributed by atoms with Gasteiger partial charge in [-0.15, -0.1) is 0 Å². The smallest absolute Gasteiger partial charge is 0.227 e. The average molecular weight is 350 g/mol. The van der Waals surface area contributed by atoms with E-state index in [0.29, 0.717) is 5.95 Å². The van der Waals surface area contributed by atoms with Gasteiger partial charge < -0.3 is 15.0 Å². The van der Waals surface area contributed by atoms with E-state index in [2.05, 4.69) is 41.1 Å². The summed E-state index contributed by atoms with van der Waals surface area (Å²) in [5, 5.41) is 3.18. The molecule has 0 bridgehead atoms. The summed E-state index contributed by atoms with van der Waals surface area (Å²) in [7, 11) is 0. The second-order valence-electron chi connectivity index (χ2n) is 4.75. The number of rotatable bonds is 3. The lowest BCUT2D eigenvalue weighted by molar-refractivity contribution is 0.122. The highest BCUT2D eigenvalue weighted by Gasteiger charge is 2.13. The van der Waals surface area contributed by atoms with Crippen LogP contribution in [0.1, 0.15) is 5.69 Å². The number of halogens is 1. The van der Waals surface area contributed by atoms with Crippen LogP contribution < -0.4 is 10.2 Å². The van der Waals surface area contributed by atoms with Crippen LogP contribution in [0.2, 0.25) is 0 Å². The maximum atomic E-state index is 5.36. The molecule has 1 aliphatic rings. The van der Waals surface area contributed by atoms with Gasteiger partial charge in [-0.25, -0.2) is 15.0 Å². The fourth-order valence-corrected chi connectivity index (χ4v) is 2.35. The molecule has 0 saturated carbocycles. The highest BCUT2D eigenvalue weighted by atomic mass is 79.9. The van der Waals surface area contributed by atoms with E-state index in [1.54, 1.807) is 12.4 Å². The molecule has 0 unspecified atom stereocenters. The third-order valence-electron chi connectivity index (χ3n) is 3.27. The van der Waals surface area contributed by atoms with Crippen molar-refractivity contribution in [3.05, 3.63) is 34.7 Å². The van der Waals surface area contributed by atoms with E-state index >= 15 is 0 Å². The molecule has 0 amide bonds. The van der Waals surface area contributed by atoms with Crippen LogP contribution in [0.3, 0.4) is 0 Å². The first-order valence-corrected chi connectivity index (χ1v) is 7.56. The summed E-state index contributed by atoms with van der Waals surface area (Å²) in [6.07, 6.45) is 3.42. The molecule has 0 spiro atoms. The summed E-state index contributed by atoms with van der Waals surface area (Å²) in [6, 6.07) is 4.03. The van der Waals surface area contributed by atoms with Crippen molar-refractivity contribution in [3.8, 4) is 0 Å². The third kappa shape index (κ3) is 3.48. The minimum atomic E-state index is 0.558. The first-order valence-electron chi connectivity index (χ1n) is 6.77. The number of morpholine rings is 1. The Kier molecular flexibility index (Phi) is 4.31. The Morgan fingerprint density at radius 2 is 1.90 bits per heavy atom. The number of anilines is 3. The highest BCUT2D eigenvalue weighted by Crippen LogP contribution is 2.21. The van der Waals surface area contributed by atoms with Crippen LogP contribution in [0.4, 0.5) is 17.5 Å². The molecule has 3 rings (SSSR count). The van der Waals surface area contributed by atoms with Crippen LogP contribution in [0, 0.1) is 6.92 Å². The molecule has 2 aromatic rings. The van der Waals surface area contributed by atoms with Crippen molar-refractivity contribution in [2.45, 2.75) is 6.92 Å². The van der Waals surface area contributed by atoms with Crippen molar-refractivity contribution >= 4 is 33.4 Å². The molecule has 7 heteroatoms. The lowest BCUT2D eigenvalue weighted by Crippen LogP contribution is -2.36. The van der Waals surface area contributed by atoms with Crippen LogP contribution in [0.25, 0.3) is 0 Å². The fraction of sp³-hybridized carbons (Fsp3) is 0.357. The number of nitrogens with one attached hydrogen (secondary N) is 1. The number of hydrogen-bond donors (Lipinski definition) is 1. The van der Waals surface area contributed by atoms with E-state index in [-0.39, 0.29) is 0 Å². The SMILES string of the molecule is Cc1nc(N2CCOCC2)ccc1Nc1ncc(Br)cn1. The molecule has 0 atom stereocenters. The quantitative estimate of drug-likeness (QED) is 0.918. The molecule has 3 heterocycles. The maximum absolute atomic E-state index is 5.36. The fourth-order valence-electron chi connectivity index (χ4n) is 2.15. The molecule has 0 radical (unpaired) electrons. The van der Waals surface area contributed by atoms with Gasteiger partial charge in [0.1, 0.15) is 5.82 Å². The van der Waals surface area contributed by atoms with Crippen molar-refractivity contribution in [1.82, 2.24) is 15.0 Å². The predicted molar refractivity (Wildman–Crippen MR) is 85.0 cm³/mol. The molecule has 6 nitrogen and oxygen atoms in total. The van der Waals surface area contributed by atoms with E-state index in [1.807, 2.05) is 19.1 Å². The minimum Gasteiger partial charge on any atom is -0.378 e. The summed E-state index contributed by atoms with van der Waals surface area (Å²) in [4.78, 5) is 15.3. The third-order valence-corrected chi connectivity index (χ3v) is 3.68. The van der Waals surface area contributed by atoms with Gasteiger partial charge in [0.15, 0.2) is 0 Å². The number of aromatic nitrogens is 3. The molecular formula is C14H16BrN5O. The molecule has 1 N–H and O–H groups in total. The number of ether oxygens (including phenoxy) is 1. The summed E-state index contributed by atoms with van der Waals surface area (Å²) >= 11 is 3.32. The van der Waals surface area contributed by atoms with Crippen LogP contribution >= 0.6 is 15.9 Å². The van der Waals surface area contributed by atoms with E-state index < -0.39 is 0 Å². The van der Waals surface area contributed by atoms with Crippen molar-refractivity contribution in [2.75, 3.05) is 36.5 Å². The Bertz CT molecular complexity index is 613. The molecule has 21 heavy (non-hydrogen) atoms. The monoisotopic (exact) mass is 349 g/mol. The van der Waals surface area contributed by atoms with Crippen LogP contribution in [0.5, 0.6) is 0 Å². The number of hydrogen-bond acceptors (Lipinski definition) is 6. The Morgan fingerprint density at radius 1 is 1.19 bits per heavy atom. The molecule has 110 valence electrons. The summed E-state index contributed by atoms with van der Waals surface area (Å²) in [6.45, 7) is 5.26. The van der Waals surface area contributed by atoms with Crippen LogP contribution in [-0.4, -0.2) is 41.3 Å².